The van der Waals surface area contributed by atoms with Gasteiger partial charge in [-0.1, -0.05) is 0 Å². The van der Waals surface area contributed by atoms with Crippen LogP contribution < -0.4 is 0 Å². The van der Waals surface area contributed by atoms with E-state index in [9.17, 15) is 23.5 Å². The summed E-state index contributed by atoms with van der Waals surface area (Å²) in [4.78, 5) is 24.5. The molecule has 1 aromatic carbocycles. The molecule has 0 saturated carbocycles. The summed E-state index contributed by atoms with van der Waals surface area (Å²) < 4.78 is 25.8. The molecule has 21 heavy (non-hydrogen) atoms. The molecule has 114 valence electrons. The summed E-state index contributed by atoms with van der Waals surface area (Å²) in [6.07, 6.45) is -0.861. The molecule has 0 bridgehead atoms. The van der Waals surface area contributed by atoms with Gasteiger partial charge in [0, 0.05) is 17.9 Å². The minimum atomic E-state index is -1.17. The third-order valence-electron chi connectivity index (χ3n) is 3.14. The second-order valence-corrected chi connectivity index (χ2v) is 5.70. The highest BCUT2D eigenvalue weighted by Crippen LogP contribution is 2.24. The number of rotatable bonds is 4. The Hall–Kier alpha value is -1.67. The van der Waals surface area contributed by atoms with Crippen LogP contribution in [0.25, 0.3) is 0 Å². The minimum Gasteiger partial charge on any atom is -0.480 e. The van der Waals surface area contributed by atoms with Crippen molar-refractivity contribution in [3.05, 3.63) is 29.8 Å². The van der Waals surface area contributed by atoms with Gasteiger partial charge in [0.15, 0.2) is 11.6 Å². The van der Waals surface area contributed by atoms with Gasteiger partial charge in [-0.25, -0.2) is 13.6 Å². The van der Waals surface area contributed by atoms with Gasteiger partial charge in [0.25, 0.3) is 0 Å². The lowest BCUT2D eigenvalue weighted by atomic mass is 10.2. The number of amides is 1. The molecule has 1 fully saturated rings. The fraction of sp³-hybridized carbons (Fsp3) is 0.385. The number of carbonyl (C=O) groups excluding carboxylic acids is 1. The van der Waals surface area contributed by atoms with Crippen molar-refractivity contribution in [1.82, 2.24) is 4.90 Å². The van der Waals surface area contributed by atoms with Crippen LogP contribution in [-0.4, -0.2) is 51.4 Å². The molecule has 1 amide bonds. The Morgan fingerprint density at radius 1 is 1.33 bits per heavy atom. The zero-order chi connectivity index (χ0) is 15.6. The van der Waals surface area contributed by atoms with Crippen LogP contribution in [0.4, 0.5) is 8.78 Å². The molecular formula is C13H13F2NO4S. The van der Waals surface area contributed by atoms with Gasteiger partial charge in [0.05, 0.1) is 11.9 Å². The Bertz CT molecular complexity index is 569. The maximum absolute atomic E-state index is 13.0. The van der Waals surface area contributed by atoms with Crippen LogP contribution in [0.15, 0.2) is 23.1 Å². The summed E-state index contributed by atoms with van der Waals surface area (Å²) in [5, 5.41) is 18.5. The molecule has 0 aromatic heterocycles. The predicted molar refractivity (Wildman–Crippen MR) is 70.8 cm³/mol. The number of carbonyl (C=O) groups is 2. The van der Waals surface area contributed by atoms with E-state index in [-0.39, 0.29) is 18.7 Å². The molecule has 2 rings (SSSR count). The number of β-amino-alcohol motifs (C(OH)–C–C–N with tert-alkyl or cyclic N) is 1. The fourth-order valence-electron chi connectivity index (χ4n) is 2.12. The maximum Gasteiger partial charge on any atom is 0.326 e. The molecule has 1 heterocycles. The number of hydrogen-bond acceptors (Lipinski definition) is 4. The molecule has 0 unspecified atom stereocenters. The number of nitrogens with zero attached hydrogens (tertiary/aromatic N) is 1. The monoisotopic (exact) mass is 317 g/mol. The molecule has 0 spiro atoms. The summed E-state index contributed by atoms with van der Waals surface area (Å²) in [7, 11) is 0. The molecule has 1 aromatic rings. The van der Waals surface area contributed by atoms with Crippen molar-refractivity contribution in [3.8, 4) is 0 Å². The van der Waals surface area contributed by atoms with Crippen LogP contribution in [0.3, 0.4) is 0 Å². The standard InChI is InChI=1S/C13H13F2NO4S/c14-9-2-1-8(4-10(9)15)21-6-12(18)16-5-7(17)3-11(16)13(19)20/h1-2,4,7,11,17H,3,5-6H2,(H,19,20)/t7-,11-/m0/s1. The number of aliphatic hydroxyl groups is 1. The van der Waals surface area contributed by atoms with E-state index in [1.54, 1.807) is 0 Å². The highest BCUT2D eigenvalue weighted by molar-refractivity contribution is 8.00. The number of thioether (sulfide) groups is 1. The van der Waals surface area contributed by atoms with E-state index in [0.29, 0.717) is 4.90 Å². The lowest BCUT2D eigenvalue weighted by Gasteiger charge is -2.20. The number of carboxylic acid groups (broad SMARTS) is 1. The number of aliphatic hydroxyl groups excluding tert-OH is 1. The van der Waals surface area contributed by atoms with Gasteiger partial charge >= 0.3 is 5.97 Å². The van der Waals surface area contributed by atoms with Crippen molar-refractivity contribution in [2.24, 2.45) is 0 Å². The number of likely N-dealkylation sites (tertiary alicyclic amines) is 1. The Morgan fingerprint density at radius 2 is 2.05 bits per heavy atom. The van der Waals surface area contributed by atoms with Crippen LogP contribution >= 0.6 is 11.8 Å². The van der Waals surface area contributed by atoms with Crippen molar-refractivity contribution >= 4 is 23.6 Å². The highest BCUT2D eigenvalue weighted by Gasteiger charge is 2.38. The Kier molecular flexibility index (Phi) is 4.79. The average Bonchev–Trinajstić information content (AvgIpc) is 2.82. The molecule has 8 heteroatoms. The van der Waals surface area contributed by atoms with E-state index in [2.05, 4.69) is 0 Å². The second kappa shape index (κ2) is 6.40. The largest absolute Gasteiger partial charge is 0.480 e. The Morgan fingerprint density at radius 3 is 2.67 bits per heavy atom. The molecule has 1 aliphatic heterocycles. The molecule has 2 atom stereocenters. The molecule has 5 nitrogen and oxygen atoms in total. The first kappa shape index (κ1) is 15.7. The van der Waals surface area contributed by atoms with Crippen LogP contribution in [0.2, 0.25) is 0 Å². The van der Waals surface area contributed by atoms with E-state index in [1.165, 1.54) is 6.07 Å². The van der Waals surface area contributed by atoms with Crippen molar-refractivity contribution in [2.45, 2.75) is 23.5 Å². The first-order valence-corrected chi connectivity index (χ1v) is 7.15. The van der Waals surface area contributed by atoms with Crippen molar-refractivity contribution in [1.29, 1.82) is 0 Å². The third-order valence-corrected chi connectivity index (χ3v) is 4.12. The zero-order valence-corrected chi connectivity index (χ0v) is 11.6. The quantitative estimate of drug-likeness (QED) is 0.813. The van der Waals surface area contributed by atoms with E-state index >= 15 is 0 Å². The van der Waals surface area contributed by atoms with Crippen LogP contribution in [0, 0.1) is 11.6 Å². The normalized spacial score (nSPS) is 21.6. The summed E-state index contributed by atoms with van der Waals surface area (Å²) in [6.45, 7) is -0.0336. The van der Waals surface area contributed by atoms with E-state index in [1.807, 2.05) is 0 Å². The van der Waals surface area contributed by atoms with Crippen molar-refractivity contribution < 1.29 is 28.6 Å². The van der Waals surface area contributed by atoms with E-state index in [0.717, 1.165) is 28.8 Å². The minimum absolute atomic E-state index is 0.00306. The maximum atomic E-state index is 13.0. The van der Waals surface area contributed by atoms with Gasteiger partial charge in [0.2, 0.25) is 5.91 Å². The van der Waals surface area contributed by atoms with E-state index < -0.39 is 35.7 Å². The number of aliphatic carboxylic acids is 1. The van der Waals surface area contributed by atoms with Gasteiger partial charge < -0.3 is 15.1 Å². The summed E-state index contributed by atoms with van der Waals surface area (Å²) >= 11 is 0.981. The molecule has 1 aliphatic rings. The topological polar surface area (TPSA) is 77.8 Å². The van der Waals surface area contributed by atoms with Crippen molar-refractivity contribution in [3.63, 3.8) is 0 Å². The molecule has 0 radical (unpaired) electrons. The van der Waals surface area contributed by atoms with Gasteiger partial charge in [-0.2, -0.15) is 0 Å². The Balaban J connectivity index is 1.97. The number of benzene rings is 1. The zero-order valence-electron chi connectivity index (χ0n) is 10.8. The van der Waals surface area contributed by atoms with Gasteiger partial charge in [0.1, 0.15) is 6.04 Å². The SMILES string of the molecule is O=C(O)[C@@H]1C[C@H](O)CN1C(=O)CSc1ccc(F)c(F)c1. The number of hydrogen-bond donors (Lipinski definition) is 2. The first-order valence-electron chi connectivity index (χ1n) is 6.16. The molecular weight excluding hydrogens is 304 g/mol. The Labute approximate surface area is 123 Å². The lowest BCUT2D eigenvalue weighted by molar-refractivity contribution is -0.147. The second-order valence-electron chi connectivity index (χ2n) is 4.65. The third kappa shape index (κ3) is 3.70. The predicted octanol–water partition coefficient (Wildman–Crippen LogP) is 1.10. The molecule has 0 aliphatic carbocycles. The average molecular weight is 317 g/mol. The van der Waals surface area contributed by atoms with Gasteiger partial charge in [-0.3, -0.25) is 4.79 Å². The van der Waals surface area contributed by atoms with E-state index in [4.69, 9.17) is 5.11 Å². The summed E-state index contributed by atoms with van der Waals surface area (Å²) in [5.41, 5.74) is 0. The van der Waals surface area contributed by atoms with Crippen LogP contribution in [-0.2, 0) is 9.59 Å². The lowest BCUT2D eigenvalue weighted by Crippen LogP contribution is -2.41. The fourth-order valence-corrected chi connectivity index (χ4v) is 2.93. The van der Waals surface area contributed by atoms with Gasteiger partial charge in [-0.05, 0) is 18.2 Å². The van der Waals surface area contributed by atoms with Crippen LogP contribution in [0.5, 0.6) is 0 Å². The molecule has 1 saturated heterocycles. The van der Waals surface area contributed by atoms with Crippen LogP contribution in [0.1, 0.15) is 6.42 Å². The molecule has 2 N–H and O–H groups in total. The summed E-state index contributed by atoms with van der Waals surface area (Å²) in [5.74, 6) is -3.72. The number of carboxylic acids is 1. The smallest absolute Gasteiger partial charge is 0.326 e. The highest BCUT2D eigenvalue weighted by atomic mass is 32.2. The number of halogens is 2. The van der Waals surface area contributed by atoms with Crippen molar-refractivity contribution in [2.75, 3.05) is 12.3 Å². The summed E-state index contributed by atoms with van der Waals surface area (Å²) in [6, 6.07) is 2.23. The first-order chi connectivity index (χ1) is 9.88. The van der Waals surface area contributed by atoms with Gasteiger partial charge in [-0.15, -0.1) is 11.8 Å².